The zero-order valence-electron chi connectivity index (χ0n) is 5.05. The van der Waals surface area contributed by atoms with E-state index in [-0.39, 0.29) is 6.10 Å². The first kappa shape index (κ1) is 6.05. The van der Waals surface area contributed by atoms with Crippen molar-refractivity contribution in [2.45, 2.75) is 19.4 Å². The molecule has 0 amide bonds. The van der Waals surface area contributed by atoms with Crippen LogP contribution < -0.4 is 0 Å². The van der Waals surface area contributed by atoms with Crippen LogP contribution >= 0.6 is 0 Å². The summed E-state index contributed by atoms with van der Waals surface area (Å²) in [6.07, 6.45) is 0.565. The molecule has 1 aliphatic rings. The average Bonchev–Trinajstić information content (AvgIpc) is 1.77. The SMILES string of the molecule is C[C]1COCCC1O. The van der Waals surface area contributed by atoms with Crippen molar-refractivity contribution < 1.29 is 9.84 Å². The van der Waals surface area contributed by atoms with Crippen molar-refractivity contribution in [1.29, 1.82) is 0 Å². The fourth-order valence-electron chi connectivity index (χ4n) is 0.771. The van der Waals surface area contributed by atoms with E-state index in [1.54, 1.807) is 0 Å². The minimum atomic E-state index is -0.205. The maximum Gasteiger partial charge on any atom is 0.0644 e. The number of aliphatic hydroxyl groups excluding tert-OH is 1. The van der Waals surface area contributed by atoms with E-state index in [9.17, 15) is 0 Å². The van der Waals surface area contributed by atoms with Crippen LogP contribution in [0.3, 0.4) is 0 Å². The van der Waals surface area contributed by atoms with Crippen LogP contribution in [0.1, 0.15) is 13.3 Å². The van der Waals surface area contributed by atoms with Crippen molar-refractivity contribution in [2.75, 3.05) is 13.2 Å². The number of aliphatic hydroxyl groups is 1. The number of hydrogen-bond acceptors (Lipinski definition) is 2. The Morgan fingerprint density at radius 2 is 2.50 bits per heavy atom. The first-order valence-corrected chi connectivity index (χ1v) is 2.89. The van der Waals surface area contributed by atoms with Crippen molar-refractivity contribution in [2.24, 2.45) is 0 Å². The van der Waals surface area contributed by atoms with Crippen molar-refractivity contribution in [3.63, 3.8) is 0 Å². The Balaban J connectivity index is 2.28. The summed E-state index contributed by atoms with van der Waals surface area (Å²) in [5.74, 6) is 1.05. The lowest BCUT2D eigenvalue weighted by atomic mass is 10.0. The van der Waals surface area contributed by atoms with Gasteiger partial charge in [0.15, 0.2) is 0 Å². The zero-order chi connectivity index (χ0) is 5.98. The molecule has 1 rings (SSSR count). The standard InChI is InChI=1S/C6H11O2/c1-5-4-8-3-2-6(5)7/h6-7H,2-4H2,1H3. The maximum absolute atomic E-state index is 9.06. The normalized spacial score (nSPS) is 33.0. The molecule has 8 heavy (non-hydrogen) atoms. The third kappa shape index (κ3) is 1.20. The first-order valence-electron chi connectivity index (χ1n) is 2.89. The summed E-state index contributed by atoms with van der Waals surface area (Å²) in [7, 11) is 0. The predicted molar refractivity (Wildman–Crippen MR) is 30.4 cm³/mol. The van der Waals surface area contributed by atoms with Crippen molar-refractivity contribution in [3.8, 4) is 0 Å². The Labute approximate surface area is 49.5 Å². The molecule has 1 radical (unpaired) electrons. The Morgan fingerprint density at radius 1 is 1.75 bits per heavy atom. The molecular weight excluding hydrogens is 104 g/mol. The van der Waals surface area contributed by atoms with Gasteiger partial charge in [0.25, 0.3) is 0 Å². The number of ether oxygens (including phenoxy) is 1. The molecule has 1 fully saturated rings. The van der Waals surface area contributed by atoms with Gasteiger partial charge in [0.05, 0.1) is 12.7 Å². The Bertz CT molecular complexity index is 62.9. The van der Waals surface area contributed by atoms with Crippen LogP contribution in [-0.4, -0.2) is 24.4 Å². The molecule has 0 aromatic carbocycles. The summed E-state index contributed by atoms with van der Waals surface area (Å²) < 4.78 is 5.06. The highest BCUT2D eigenvalue weighted by Gasteiger charge is 2.18. The minimum absolute atomic E-state index is 0.205. The van der Waals surface area contributed by atoms with Crippen LogP contribution in [0, 0.1) is 5.92 Å². The molecule has 1 N–H and O–H groups in total. The molecule has 0 bridgehead atoms. The summed E-state index contributed by atoms with van der Waals surface area (Å²) in [5, 5.41) is 9.06. The van der Waals surface area contributed by atoms with Gasteiger partial charge in [-0.15, -0.1) is 0 Å². The third-order valence-electron chi connectivity index (χ3n) is 1.43. The van der Waals surface area contributed by atoms with Gasteiger partial charge < -0.3 is 9.84 Å². The molecule has 1 unspecified atom stereocenters. The highest BCUT2D eigenvalue weighted by Crippen LogP contribution is 2.14. The molecule has 1 saturated heterocycles. The summed E-state index contributed by atoms with van der Waals surface area (Å²) >= 11 is 0. The number of rotatable bonds is 0. The lowest BCUT2D eigenvalue weighted by molar-refractivity contribution is 0.0351. The average molecular weight is 115 g/mol. The largest absolute Gasteiger partial charge is 0.392 e. The number of hydrogen-bond donors (Lipinski definition) is 1. The quantitative estimate of drug-likeness (QED) is 0.494. The van der Waals surface area contributed by atoms with Crippen molar-refractivity contribution in [3.05, 3.63) is 5.92 Å². The van der Waals surface area contributed by atoms with E-state index in [1.807, 2.05) is 6.92 Å². The molecule has 1 heterocycles. The van der Waals surface area contributed by atoms with Gasteiger partial charge in [-0.05, 0) is 6.42 Å². The lowest BCUT2D eigenvalue weighted by Gasteiger charge is -2.23. The molecule has 0 saturated carbocycles. The van der Waals surface area contributed by atoms with Crippen LogP contribution in [0.2, 0.25) is 0 Å². The Kier molecular flexibility index (Phi) is 1.86. The zero-order valence-corrected chi connectivity index (χ0v) is 5.05. The topological polar surface area (TPSA) is 29.5 Å². The lowest BCUT2D eigenvalue weighted by Crippen LogP contribution is -2.27. The van der Waals surface area contributed by atoms with E-state index in [2.05, 4.69) is 0 Å². The summed E-state index contributed by atoms with van der Waals surface area (Å²) in [6, 6.07) is 0. The van der Waals surface area contributed by atoms with E-state index in [0.29, 0.717) is 13.2 Å². The highest BCUT2D eigenvalue weighted by atomic mass is 16.5. The smallest absolute Gasteiger partial charge is 0.0644 e. The second-order valence-corrected chi connectivity index (χ2v) is 2.20. The van der Waals surface area contributed by atoms with Crippen molar-refractivity contribution >= 4 is 0 Å². The summed E-state index contributed by atoms with van der Waals surface area (Å²) in [5.41, 5.74) is 0. The molecule has 1 atom stereocenters. The van der Waals surface area contributed by atoms with Crippen LogP contribution in [0.5, 0.6) is 0 Å². The first-order chi connectivity index (χ1) is 3.80. The van der Waals surface area contributed by atoms with Crippen molar-refractivity contribution in [1.82, 2.24) is 0 Å². The van der Waals surface area contributed by atoms with E-state index in [1.165, 1.54) is 0 Å². The highest BCUT2D eigenvalue weighted by molar-refractivity contribution is 4.94. The maximum atomic E-state index is 9.06. The van der Waals surface area contributed by atoms with Gasteiger partial charge in [0, 0.05) is 12.5 Å². The van der Waals surface area contributed by atoms with Gasteiger partial charge in [0.2, 0.25) is 0 Å². The minimum Gasteiger partial charge on any atom is -0.392 e. The second kappa shape index (κ2) is 2.46. The molecule has 1 aliphatic heterocycles. The predicted octanol–water partition coefficient (Wildman–Crippen LogP) is 0.362. The van der Waals surface area contributed by atoms with Crippen LogP contribution in [-0.2, 0) is 4.74 Å². The molecular formula is C6H11O2. The van der Waals surface area contributed by atoms with E-state index >= 15 is 0 Å². The van der Waals surface area contributed by atoms with Gasteiger partial charge in [0.1, 0.15) is 0 Å². The molecule has 2 heteroatoms. The monoisotopic (exact) mass is 115 g/mol. The van der Waals surface area contributed by atoms with Crippen LogP contribution in [0.15, 0.2) is 0 Å². The molecule has 0 aromatic heterocycles. The van der Waals surface area contributed by atoms with Gasteiger partial charge in [-0.3, -0.25) is 0 Å². The molecule has 0 aromatic rings. The molecule has 0 aliphatic carbocycles. The molecule has 0 spiro atoms. The molecule has 47 valence electrons. The second-order valence-electron chi connectivity index (χ2n) is 2.20. The van der Waals surface area contributed by atoms with Crippen LogP contribution in [0.4, 0.5) is 0 Å². The van der Waals surface area contributed by atoms with E-state index in [0.717, 1.165) is 12.3 Å². The summed E-state index contributed by atoms with van der Waals surface area (Å²) in [4.78, 5) is 0. The fraction of sp³-hybridized carbons (Fsp3) is 0.833. The van der Waals surface area contributed by atoms with Gasteiger partial charge in [-0.25, -0.2) is 0 Å². The Hall–Kier alpha value is -0.0800. The van der Waals surface area contributed by atoms with Gasteiger partial charge in [-0.1, -0.05) is 6.92 Å². The Morgan fingerprint density at radius 3 is 2.88 bits per heavy atom. The van der Waals surface area contributed by atoms with Gasteiger partial charge in [-0.2, -0.15) is 0 Å². The molecule has 2 nitrogen and oxygen atoms in total. The third-order valence-corrected chi connectivity index (χ3v) is 1.43. The summed E-state index contributed by atoms with van der Waals surface area (Å²) in [6.45, 7) is 3.27. The van der Waals surface area contributed by atoms with Crippen LogP contribution in [0.25, 0.3) is 0 Å². The van der Waals surface area contributed by atoms with Gasteiger partial charge >= 0.3 is 0 Å². The van der Waals surface area contributed by atoms with E-state index in [4.69, 9.17) is 9.84 Å². The van der Waals surface area contributed by atoms with E-state index < -0.39 is 0 Å². The fourth-order valence-corrected chi connectivity index (χ4v) is 0.771.